The Balaban J connectivity index is 1.99. The van der Waals surface area contributed by atoms with Crippen molar-refractivity contribution in [3.63, 3.8) is 0 Å². The average molecular weight is 267 g/mol. The van der Waals surface area contributed by atoms with Crippen LogP contribution in [-0.4, -0.2) is 21.2 Å². The molecule has 1 saturated carbocycles. The Morgan fingerprint density at radius 3 is 2.79 bits per heavy atom. The number of carbonyl (C=O) groups is 1. The number of carboxylic acids is 1. The Morgan fingerprint density at radius 1 is 1.53 bits per heavy atom. The second kappa shape index (κ2) is 5.69. The van der Waals surface area contributed by atoms with Gasteiger partial charge in [0, 0.05) is 6.42 Å². The summed E-state index contributed by atoms with van der Waals surface area (Å²) in [7, 11) is 0. The molecule has 2 rings (SSSR count). The molecule has 0 aromatic carbocycles. The van der Waals surface area contributed by atoms with Gasteiger partial charge in [0.2, 0.25) is 5.89 Å². The van der Waals surface area contributed by atoms with E-state index in [-0.39, 0.29) is 12.8 Å². The molecule has 0 aliphatic heterocycles. The van der Waals surface area contributed by atoms with Crippen LogP contribution in [0, 0.1) is 5.92 Å². The van der Waals surface area contributed by atoms with Crippen molar-refractivity contribution in [2.24, 2.45) is 11.7 Å². The molecule has 19 heavy (non-hydrogen) atoms. The maximum Gasteiger partial charge on any atom is 0.303 e. The molecular formula is C13H21N3O3. The number of aromatic nitrogens is 2. The minimum Gasteiger partial charge on any atom is -0.481 e. The standard InChI is InChI=1S/C13H21N3O3/c1-2-9-5-7-13(14,8-6-9)12-15-10(19-16-12)3-4-11(17)18/h9H,2-8,14H2,1H3,(H,17,18). The summed E-state index contributed by atoms with van der Waals surface area (Å²) >= 11 is 0. The third-order valence-electron chi connectivity index (χ3n) is 4.04. The van der Waals surface area contributed by atoms with E-state index in [4.69, 9.17) is 15.4 Å². The molecule has 1 aromatic heterocycles. The Kier molecular flexibility index (Phi) is 4.19. The minimum absolute atomic E-state index is 0.00286. The molecule has 0 radical (unpaired) electrons. The molecule has 1 aliphatic carbocycles. The lowest BCUT2D eigenvalue weighted by Crippen LogP contribution is -2.41. The maximum absolute atomic E-state index is 10.5. The summed E-state index contributed by atoms with van der Waals surface area (Å²) in [6.07, 6.45) is 5.35. The Bertz CT molecular complexity index is 436. The second-order valence-corrected chi connectivity index (χ2v) is 5.41. The Labute approximate surface area is 112 Å². The van der Waals surface area contributed by atoms with Crippen molar-refractivity contribution >= 4 is 5.97 Å². The molecule has 1 aromatic rings. The van der Waals surface area contributed by atoms with Gasteiger partial charge >= 0.3 is 5.97 Å². The van der Waals surface area contributed by atoms with Crippen molar-refractivity contribution in [1.29, 1.82) is 0 Å². The number of hydrogen-bond acceptors (Lipinski definition) is 5. The summed E-state index contributed by atoms with van der Waals surface area (Å²) < 4.78 is 5.08. The molecule has 3 N–H and O–H groups in total. The van der Waals surface area contributed by atoms with E-state index in [1.807, 2.05) is 0 Å². The van der Waals surface area contributed by atoms with Gasteiger partial charge in [-0.05, 0) is 31.6 Å². The van der Waals surface area contributed by atoms with Crippen molar-refractivity contribution in [3.05, 3.63) is 11.7 Å². The van der Waals surface area contributed by atoms with Crippen LogP contribution in [-0.2, 0) is 16.8 Å². The van der Waals surface area contributed by atoms with Crippen LogP contribution in [0.2, 0.25) is 0 Å². The fraction of sp³-hybridized carbons (Fsp3) is 0.769. The van der Waals surface area contributed by atoms with Crippen molar-refractivity contribution in [3.8, 4) is 0 Å². The van der Waals surface area contributed by atoms with Crippen molar-refractivity contribution in [2.45, 2.75) is 57.4 Å². The van der Waals surface area contributed by atoms with Gasteiger partial charge in [0.25, 0.3) is 0 Å². The van der Waals surface area contributed by atoms with Gasteiger partial charge in [0.05, 0.1) is 12.0 Å². The van der Waals surface area contributed by atoms with Crippen LogP contribution in [0.1, 0.15) is 57.2 Å². The number of aryl methyl sites for hydroxylation is 1. The van der Waals surface area contributed by atoms with E-state index in [1.165, 1.54) is 6.42 Å². The summed E-state index contributed by atoms with van der Waals surface area (Å²) in [5.41, 5.74) is 5.86. The van der Waals surface area contributed by atoms with Crippen LogP contribution in [0.25, 0.3) is 0 Å². The highest BCUT2D eigenvalue weighted by atomic mass is 16.5. The van der Waals surface area contributed by atoms with Gasteiger partial charge in [-0.15, -0.1) is 0 Å². The van der Waals surface area contributed by atoms with Gasteiger partial charge in [-0.2, -0.15) is 4.98 Å². The third-order valence-corrected chi connectivity index (χ3v) is 4.04. The zero-order chi connectivity index (χ0) is 13.9. The molecule has 1 fully saturated rings. The Hall–Kier alpha value is -1.43. The molecule has 0 saturated heterocycles. The minimum atomic E-state index is -0.870. The van der Waals surface area contributed by atoms with Crippen LogP contribution in [0.3, 0.4) is 0 Å². The van der Waals surface area contributed by atoms with Crippen molar-refractivity contribution in [2.75, 3.05) is 0 Å². The van der Waals surface area contributed by atoms with E-state index in [0.29, 0.717) is 11.7 Å². The molecule has 1 aliphatic rings. The van der Waals surface area contributed by atoms with Gasteiger partial charge in [0.15, 0.2) is 5.82 Å². The predicted octanol–water partition coefficient (Wildman–Crippen LogP) is 1.84. The smallest absolute Gasteiger partial charge is 0.303 e. The molecule has 0 unspecified atom stereocenters. The summed E-state index contributed by atoms with van der Waals surface area (Å²) in [6.45, 7) is 2.20. The fourth-order valence-electron chi connectivity index (χ4n) is 2.60. The molecule has 0 spiro atoms. The van der Waals surface area contributed by atoms with E-state index in [0.717, 1.165) is 31.6 Å². The van der Waals surface area contributed by atoms with Gasteiger partial charge < -0.3 is 15.4 Å². The zero-order valence-electron chi connectivity index (χ0n) is 11.3. The largest absolute Gasteiger partial charge is 0.481 e. The first-order valence-electron chi connectivity index (χ1n) is 6.87. The highest BCUT2D eigenvalue weighted by Gasteiger charge is 2.36. The molecular weight excluding hydrogens is 246 g/mol. The predicted molar refractivity (Wildman–Crippen MR) is 68.4 cm³/mol. The quantitative estimate of drug-likeness (QED) is 0.843. The molecule has 0 amide bonds. The van der Waals surface area contributed by atoms with Crippen molar-refractivity contribution < 1.29 is 14.4 Å². The van der Waals surface area contributed by atoms with E-state index in [1.54, 1.807) is 0 Å². The van der Waals surface area contributed by atoms with Gasteiger partial charge in [-0.25, -0.2) is 0 Å². The number of carboxylic acid groups (broad SMARTS) is 1. The maximum atomic E-state index is 10.5. The lowest BCUT2D eigenvalue weighted by molar-refractivity contribution is -0.137. The van der Waals surface area contributed by atoms with Crippen LogP contribution in [0.15, 0.2) is 4.52 Å². The molecule has 0 bridgehead atoms. The Morgan fingerprint density at radius 2 is 2.21 bits per heavy atom. The number of hydrogen-bond donors (Lipinski definition) is 2. The number of nitrogens with zero attached hydrogens (tertiary/aromatic N) is 2. The number of aliphatic carboxylic acids is 1. The second-order valence-electron chi connectivity index (χ2n) is 5.41. The van der Waals surface area contributed by atoms with E-state index in [2.05, 4.69) is 17.1 Å². The summed E-state index contributed by atoms with van der Waals surface area (Å²) in [5.74, 6) is 0.767. The highest BCUT2D eigenvalue weighted by molar-refractivity contribution is 5.66. The molecule has 6 heteroatoms. The number of rotatable bonds is 5. The monoisotopic (exact) mass is 267 g/mol. The van der Waals surface area contributed by atoms with Crippen LogP contribution in [0.4, 0.5) is 0 Å². The summed E-state index contributed by atoms with van der Waals surface area (Å²) in [4.78, 5) is 14.8. The first-order valence-corrected chi connectivity index (χ1v) is 6.87. The van der Waals surface area contributed by atoms with Crippen molar-refractivity contribution in [1.82, 2.24) is 10.1 Å². The molecule has 1 heterocycles. The fourth-order valence-corrected chi connectivity index (χ4v) is 2.60. The van der Waals surface area contributed by atoms with E-state index >= 15 is 0 Å². The van der Waals surface area contributed by atoms with Gasteiger partial charge in [-0.3, -0.25) is 4.79 Å². The topological polar surface area (TPSA) is 102 Å². The first-order chi connectivity index (χ1) is 9.03. The van der Waals surface area contributed by atoms with Crippen LogP contribution < -0.4 is 5.73 Å². The average Bonchev–Trinajstić information content (AvgIpc) is 2.87. The van der Waals surface area contributed by atoms with E-state index in [9.17, 15) is 4.79 Å². The lowest BCUT2D eigenvalue weighted by Gasteiger charge is -2.34. The first kappa shape index (κ1) is 14.0. The van der Waals surface area contributed by atoms with E-state index < -0.39 is 11.5 Å². The van der Waals surface area contributed by atoms with Gasteiger partial charge in [-0.1, -0.05) is 18.5 Å². The lowest BCUT2D eigenvalue weighted by atomic mass is 9.76. The summed E-state index contributed by atoms with van der Waals surface area (Å²) in [6, 6.07) is 0. The normalized spacial score (nSPS) is 27.4. The zero-order valence-corrected chi connectivity index (χ0v) is 11.3. The molecule has 106 valence electrons. The SMILES string of the molecule is CCC1CCC(N)(c2noc(CCC(=O)O)n2)CC1. The highest BCUT2D eigenvalue weighted by Crippen LogP contribution is 2.37. The number of nitrogens with two attached hydrogens (primary N) is 1. The third kappa shape index (κ3) is 3.32. The molecule has 6 nitrogen and oxygen atoms in total. The van der Waals surface area contributed by atoms with Gasteiger partial charge in [0.1, 0.15) is 0 Å². The molecule has 0 atom stereocenters. The van der Waals surface area contributed by atoms with Crippen LogP contribution in [0.5, 0.6) is 0 Å². The summed E-state index contributed by atoms with van der Waals surface area (Å²) in [5, 5.41) is 12.6. The van der Waals surface area contributed by atoms with Crippen LogP contribution >= 0.6 is 0 Å².